The van der Waals surface area contributed by atoms with Gasteiger partial charge in [-0.3, -0.25) is 4.68 Å². The molecule has 2 heterocycles. The summed E-state index contributed by atoms with van der Waals surface area (Å²) in [5.74, 6) is 0.925. The largest absolute Gasteiger partial charge is 0.383 e. The van der Waals surface area contributed by atoms with E-state index in [1.807, 2.05) is 24.9 Å². The quantitative estimate of drug-likeness (QED) is 0.768. The van der Waals surface area contributed by atoms with Gasteiger partial charge < -0.3 is 15.0 Å². The molecule has 6 nitrogen and oxygen atoms in total. The Morgan fingerprint density at radius 1 is 1.42 bits per heavy atom. The lowest BCUT2D eigenvalue weighted by molar-refractivity contribution is 0.199. The van der Waals surface area contributed by atoms with Crippen LogP contribution in [-0.4, -0.2) is 40.0 Å². The normalized spacial score (nSPS) is 11.2. The number of rotatable bonds is 6. The predicted octanol–water partition coefficient (Wildman–Crippen LogP) is 1.16. The van der Waals surface area contributed by atoms with Crippen LogP contribution >= 0.6 is 0 Å². The molecule has 0 bridgehead atoms. The van der Waals surface area contributed by atoms with Crippen molar-refractivity contribution in [1.29, 1.82) is 0 Å². The van der Waals surface area contributed by atoms with Crippen LogP contribution in [0.15, 0.2) is 6.20 Å². The van der Waals surface area contributed by atoms with Crippen molar-refractivity contribution < 1.29 is 4.74 Å². The van der Waals surface area contributed by atoms with Gasteiger partial charge in [0.15, 0.2) is 0 Å². The fourth-order valence-corrected chi connectivity index (χ4v) is 2.12. The Morgan fingerprint density at radius 2 is 2.21 bits per heavy atom. The van der Waals surface area contributed by atoms with Gasteiger partial charge in [-0.05, 0) is 13.8 Å². The number of imidazole rings is 1. The van der Waals surface area contributed by atoms with Crippen molar-refractivity contribution in [2.24, 2.45) is 7.05 Å². The fraction of sp³-hybridized carbons (Fsp3) is 0.538. The number of nitrogens with one attached hydrogen (secondary N) is 2. The van der Waals surface area contributed by atoms with Gasteiger partial charge in [-0.25, -0.2) is 4.98 Å². The Balaban J connectivity index is 2.08. The number of nitrogens with zero attached hydrogens (tertiary/aromatic N) is 3. The zero-order valence-corrected chi connectivity index (χ0v) is 11.9. The maximum Gasteiger partial charge on any atom is 0.120 e. The molecule has 104 valence electrons. The third kappa shape index (κ3) is 3.02. The average molecular weight is 263 g/mol. The smallest absolute Gasteiger partial charge is 0.120 e. The molecule has 6 heteroatoms. The first-order chi connectivity index (χ1) is 9.13. The molecule has 0 fully saturated rings. The molecule has 2 N–H and O–H groups in total. The number of hydrogen-bond donors (Lipinski definition) is 2. The van der Waals surface area contributed by atoms with Crippen LogP contribution < -0.4 is 5.32 Å². The van der Waals surface area contributed by atoms with E-state index in [0.717, 1.165) is 35.0 Å². The standard InChI is InChI=1S/C13H21N5O/c1-9-13(10(2)18(3)17-9)11-7-15-12(16-11)8-14-5-6-19-4/h7,14H,5-6,8H2,1-4H3,(H,15,16). The molecule has 2 aromatic rings. The van der Waals surface area contributed by atoms with Gasteiger partial charge >= 0.3 is 0 Å². The Hall–Kier alpha value is -1.66. The Labute approximate surface area is 113 Å². The fourth-order valence-electron chi connectivity index (χ4n) is 2.12. The maximum absolute atomic E-state index is 4.98. The molecule has 2 rings (SSSR count). The predicted molar refractivity (Wildman–Crippen MR) is 73.8 cm³/mol. The number of aromatic nitrogens is 4. The number of ether oxygens (including phenoxy) is 1. The van der Waals surface area contributed by atoms with E-state index in [2.05, 4.69) is 27.3 Å². The van der Waals surface area contributed by atoms with Gasteiger partial charge in [-0.1, -0.05) is 0 Å². The molecule has 0 saturated carbocycles. The minimum absolute atomic E-state index is 0.703. The summed E-state index contributed by atoms with van der Waals surface area (Å²) in [6.45, 7) is 6.31. The molecular formula is C13H21N5O. The Bertz CT molecular complexity index is 543. The molecule has 0 spiro atoms. The summed E-state index contributed by atoms with van der Waals surface area (Å²) in [5.41, 5.74) is 4.31. The number of hydrogen-bond acceptors (Lipinski definition) is 4. The summed E-state index contributed by atoms with van der Waals surface area (Å²) in [7, 11) is 3.65. The lowest BCUT2D eigenvalue weighted by atomic mass is 10.1. The highest BCUT2D eigenvalue weighted by Gasteiger charge is 2.13. The van der Waals surface area contributed by atoms with E-state index in [9.17, 15) is 0 Å². The first-order valence-corrected chi connectivity index (χ1v) is 6.37. The zero-order chi connectivity index (χ0) is 13.8. The maximum atomic E-state index is 4.98. The molecule has 0 aliphatic heterocycles. The third-order valence-electron chi connectivity index (χ3n) is 3.18. The van der Waals surface area contributed by atoms with Gasteiger partial charge in [-0.2, -0.15) is 5.10 Å². The van der Waals surface area contributed by atoms with E-state index < -0.39 is 0 Å². The lowest BCUT2D eigenvalue weighted by Gasteiger charge is -2.01. The molecule has 0 unspecified atom stereocenters. The van der Waals surface area contributed by atoms with Crippen molar-refractivity contribution >= 4 is 0 Å². The molecule has 0 atom stereocenters. The van der Waals surface area contributed by atoms with Crippen molar-refractivity contribution in [3.05, 3.63) is 23.4 Å². The summed E-state index contributed by atoms with van der Waals surface area (Å²) in [6, 6.07) is 0. The second-order valence-electron chi connectivity index (χ2n) is 4.58. The molecule has 0 radical (unpaired) electrons. The summed E-state index contributed by atoms with van der Waals surface area (Å²) in [4.78, 5) is 7.72. The van der Waals surface area contributed by atoms with E-state index in [0.29, 0.717) is 13.2 Å². The van der Waals surface area contributed by atoms with Crippen LogP contribution in [0.1, 0.15) is 17.2 Å². The first kappa shape index (κ1) is 13.8. The summed E-state index contributed by atoms with van der Waals surface area (Å²) in [6.07, 6.45) is 1.87. The molecule has 0 amide bonds. The summed E-state index contributed by atoms with van der Waals surface area (Å²) >= 11 is 0. The topological polar surface area (TPSA) is 67.8 Å². The van der Waals surface area contributed by atoms with Crippen LogP contribution in [0, 0.1) is 13.8 Å². The van der Waals surface area contributed by atoms with E-state index in [-0.39, 0.29) is 0 Å². The molecule has 0 aromatic carbocycles. The van der Waals surface area contributed by atoms with Crippen LogP contribution in [-0.2, 0) is 18.3 Å². The van der Waals surface area contributed by atoms with E-state index in [4.69, 9.17) is 4.74 Å². The van der Waals surface area contributed by atoms with E-state index in [1.165, 1.54) is 0 Å². The molecule has 0 saturated heterocycles. The minimum atomic E-state index is 0.703. The van der Waals surface area contributed by atoms with Gasteiger partial charge in [-0.15, -0.1) is 0 Å². The summed E-state index contributed by atoms with van der Waals surface area (Å²) < 4.78 is 6.88. The van der Waals surface area contributed by atoms with Gasteiger partial charge in [0.2, 0.25) is 0 Å². The van der Waals surface area contributed by atoms with Crippen LogP contribution in [0.5, 0.6) is 0 Å². The molecule has 19 heavy (non-hydrogen) atoms. The number of H-pyrrole nitrogens is 1. The number of aromatic amines is 1. The van der Waals surface area contributed by atoms with Crippen LogP contribution in [0.3, 0.4) is 0 Å². The Kier molecular flexibility index (Phi) is 4.34. The van der Waals surface area contributed by atoms with Crippen molar-refractivity contribution in [3.63, 3.8) is 0 Å². The van der Waals surface area contributed by atoms with Crippen molar-refractivity contribution in [2.75, 3.05) is 20.3 Å². The number of methoxy groups -OCH3 is 1. The minimum Gasteiger partial charge on any atom is -0.383 e. The van der Waals surface area contributed by atoms with Crippen LogP contribution in [0.2, 0.25) is 0 Å². The molecular weight excluding hydrogens is 242 g/mol. The van der Waals surface area contributed by atoms with E-state index >= 15 is 0 Å². The zero-order valence-electron chi connectivity index (χ0n) is 11.9. The molecule has 0 aliphatic rings. The SMILES string of the molecule is COCCNCc1ncc(-c2c(C)nn(C)c2C)[nH]1. The third-order valence-corrected chi connectivity index (χ3v) is 3.18. The van der Waals surface area contributed by atoms with Gasteiger partial charge in [0.25, 0.3) is 0 Å². The highest BCUT2D eigenvalue weighted by atomic mass is 16.5. The number of aryl methyl sites for hydroxylation is 2. The van der Waals surface area contributed by atoms with Crippen molar-refractivity contribution in [1.82, 2.24) is 25.1 Å². The van der Waals surface area contributed by atoms with Crippen LogP contribution in [0.4, 0.5) is 0 Å². The van der Waals surface area contributed by atoms with Crippen LogP contribution in [0.25, 0.3) is 11.3 Å². The highest BCUT2D eigenvalue weighted by Crippen LogP contribution is 2.24. The Morgan fingerprint density at radius 3 is 2.84 bits per heavy atom. The highest BCUT2D eigenvalue weighted by molar-refractivity contribution is 5.64. The second-order valence-corrected chi connectivity index (χ2v) is 4.58. The van der Waals surface area contributed by atoms with Crippen molar-refractivity contribution in [2.45, 2.75) is 20.4 Å². The van der Waals surface area contributed by atoms with Gasteiger partial charge in [0.05, 0.1) is 30.7 Å². The average Bonchev–Trinajstić information content (AvgIpc) is 2.91. The second kappa shape index (κ2) is 5.99. The monoisotopic (exact) mass is 263 g/mol. The van der Waals surface area contributed by atoms with Gasteiger partial charge in [0, 0.05) is 32.0 Å². The lowest BCUT2D eigenvalue weighted by Crippen LogP contribution is -2.19. The molecule has 2 aromatic heterocycles. The summed E-state index contributed by atoms with van der Waals surface area (Å²) in [5, 5.41) is 7.68. The molecule has 0 aliphatic carbocycles. The van der Waals surface area contributed by atoms with Gasteiger partial charge in [0.1, 0.15) is 5.82 Å². The first-order valence-electron chi connectivity index (χ1n) is 6.37. The van der Waals surface area contributed by atoms with Crippen molar-refractivity contribution in [3.8, 4) is 11.3 Å². The van der Waals surface area contributed by atoms with E-state index in [1.54, 1.807) is 7.11 Å².